The first kappa shape index (κ1) is 19.2. The van der Waals surface area contributed by atoms with Crippen LogP contribution in [-0.4, -0.2) is 33.6 Å². The van der Waals surface area contributed by atoms with Gasteiger partial charge in [-0.25, -0.2) is 0 Å². The van der Waals surface area contributed by atoms with E-state index >= 15 is 0 Å². The van der Waals surface area contributed by atoms with Crippen LogP contribution in [0.25, 0.3) is 11.1 Å². The molecule has 0 spiro atoms. The van der Waals surface area contributed by atoms with E-state index < -0.39 is 11.4 Å². The summed E-state index contributed by atoms with van der Waals surface area (Å²) in [7, 11) is 0. The van der Waals surface area contributed by atoms with E-state index in [1.54, 1.807) is 6.20 Å². The maximum Gasteiger partial charge on any atom is 0.192 e. The molecule has 5 heteroatoms. The van der Waals surface area contributed by atoms with Crippen LogP contribution in [0.3, 0.4) is 0 Å². The number of benzene rings is 2. The molecule has 4 rings (SSSR count). The Kier molecular flexibility index (Phi) is 6.07. The minimum absolute atomic E-state index is 0.241. The van der Waals surface area contributed by atoms with Gasteiger partial charge in [0.1, 0.15) is 0 Å². The van der Waals surface area contributed by atoms with Crippen LogP contribution in [0.4, 0.5) is 0 Å². The Hall–Kier alpha value is -2.18. The molecule has 0 saturated carbocycles. The number of nitrogens with zero attached hydrogens (tertiary/aromatic N) is 2. The lowest BCUT2D eigenvalue weighted by Crippen LogP contribution is -2.37. The van der Waals surface area contributed by atoms with Crippen molar-refractivity contribution in [1.29, 1.82) is 0 Å². The molecule has 2 atom stereocenters. The second kappa shape index (κ2) is 8.88. The number of aryl methyl sites for hydroxylation is 1. The van der Waals surface area contributed by atoms with E-state index in [1.807, 2.05) is 25.1 Å². The van der Waals surface area contributed by atoms with Gasteiger partial charge in [0.05, 0.1) is 23.6 Å². The third-order valence-corrected chi connectivity index (χ3v) is 6.33. The monoisotopic (exact) mass is 391 g/mol. The largest absolute Gasteiger partial charge is 0.593 e. The molecule has 0 bridgehead atoms. The number of rotatable bonds is 6. The van der Waals surface area contributed by atoms with Crippen LogP contribution >= 0.6 is 0 Å². The van der Waals surface area contributed by atoms with Crippen molar-refractivity contribution >= 4 is 11.4 Å². The van der Waals surface area contributed by atoms with E-state index in [-0.39, 0.29) is 6.04 Å². The fraction of sp³-hybridized carbons (Fsp3) is 0.261. The molecule has 28 heavy (non-hydrogen) atoms. The van der Waals surface area contributed by atoms with Gasteiger partial charge in [-0.05, 0) is 42.2 Å². The lowest BCUT2D eigenvalue weighted by Gasteiger charge is -2.18. The maximum atomic E-state index is 12.5. The Bertz CT molecular complexity index is 884. The predicted molar refractivity (Wildman–Crippen MR) is 114 cm³/mol. The van der Waals surface area contributed by atoms with Crippen LogP contribution in [0, 0.1) is 6.92 Å². The Morgan fingerprint density at radius 3 is 2.50 bits per heavy atom. The second-order valence-corrected chi connectivity index (χ2v) is 8.55. The van der Waals surface area contributed by atoms with Crippen molar-refractivity contribution in [3.63, 3.8) is 0 Å². The fourth-order valence-electron chi connectivity index (χ4n) is 3.55. The fourth-order valence-corrected chi connectivity index (χ4v) is 4.52. The highest BCUT2D eigenvalue weighted by molar-refractivity contribution is 7.89. The molecule has 4 nitrogen and oxygen atoms in total. The standard InChI is InChI=1S/C23H25N3OS/c1-18-7-12-23(15-24-18)28(27)25-22-13-14-26(17-22)16-19-8-10-21(11-9-19)20-5-3-2-4-6-20/h2-12,15,22,25H,13-14,16-17H2,1H3/t22-,28?/m1/s1. The summed E-state index contributed by atoms with van der Waals surface area (Å²) in [6.07, 6.45) is 2.70. The summed E-state index contributed by atoms with van der Waals surface area (Å²) < 4.78 is 15.7. The normalized spacial score (nSPS) is 18.3. The molecule has 0 radical (unpaired) electrons. The number of pyridine rings is 1. The number of hydrogen-bond acceptors (Lipinski definition) is 4. The van der Waals surface area contributed by atoms with Crippen LogP contribution in [-0.2, 0) is 17.9 Å². The van der Waals surface area contributed by atoms with Crippen molar-refractivity contribution in [2.75, 3.05) is 13.1 Å². The Morgan fingerprint density at radius 2 is 1.79 bits per heavy atom. The molecule has 1 N–H and O–H groups in total. The molecule has 2 aromatic carbocycles. The van der Waals surface area contributed by atoms with Gasteiger partial charge in [0.2, 0.25) is 0 Å². The van der Waals surface area contributed by atoms with Gasteiger partial charge >= 0.3 is 0 Å². The van der Waals surface area contributed by atoms with E-state index in [4.69, 9.17) is 0 Å². The van der Waals surface area contributed by atoms with Crippen molar-refractivity contribution < 1.29 is 4.55 Å². The Labute approximate surface area is 169 Å². The minimum Gasteiger partial charge on any atom is -0.593 e. The lowest BCUT2D eigenvalue weighted by atomic mass is 10.0. The van der Waals surface area contributed by atoms with E-state index in [0.29, 0.717) is 0 Å². The van der Waals surface area contributed by atoms with Crippen molar-refractivity contribution in [3.8, 4) is 11.1 Å². The van der Waals surface area contributed by atoms with Gasteiger partial charge in [0.15, 0.2) is 4.90 Å². The van der Waals surface area contributed by atoms with Crippen LogP contribution in [0.5, 0.6) is 0 Å². The highest BCUT2D eigenvalue weighted by atomic mass is 32.2. The molecule has 0 aliphatic carbocycles. The molecular weight excluding hydrogens is 366 g/mol. The molecule has 1 unspecified atom stereocenters. The average molecular weight is 392 g/mol. The zero-order valence-electron chi connectivity index (χ0n) is 16.0. The van der Waals surface area contributed by atoms with Gasteiger partial charge in [-0.2, -0.15) is 0 Å². The summed E-state index contributed by atoms with van der Waals surface area (Å²) >= 11 is -1.21. The van der Waals surface area contributed by atoms with Crippen molar-refractivity contribution in [2.45, 2.75) is 30.8 Å². The summed E-state index contributed by atoms with van der Waals surface area (Å²) in [6.45, 7) is 4.78. The Balaban J connectivity index is 1.30. The molecule has 1 saturated heterocycles. The van der Waals surface area contributed by atoms with E-state index in [9.17, 15) is 4.55 Å². The zero-order valence-corrected chi connectivity index (χ0v) is 16.9. The summed E-state index contributed by atoms with van der Waals surface area (Å²) in [5.41, 5.74) is 4.73. The highest BCUT2D eigenvalue weighted by Crippen LogP contribution is 2.21. The van der Waals surface area contributed by atoms with E-state index in [2.05, 4.69) is 63.1 Å². The summed E-state index contributed by atoms with van der Waals surface area (Å²) in [5.74, 6) is 0. The quantitative estimate of drug-likeness (QED) is 0.647. The first-order valence-corrected chi connectivity index (χ1v) is 10.8. The van der Waals surface area contributed by atoms with Crippen LogP contribution in [0.2, 0.25) is 0 Å². The van der Waals surface area contributed by atoms with Gasteiger partial charge in [0.25, 0.3) is 0 Å². The molecule has 3 aromatic rings. The zero-order chi connectivity index (χ0) is 19.3. The van der Waals surface area contributed by atoms with Gasteiger partial charge in [-0.15, -0.1) is 4.72 Å². The van der Waals surface area contributed by atoms with E-state index in [1.165, 1.54) is 16.7 Å². The molecule has 1 aliphatic heterocycles. The van der Waals surface area contributed by atoms with Gasteiger partial charge in [-0.1, -0.05) is 54.6 Å². The third-order valence-electron chi connectivity index (χ3n) is 5.11. The first-order valence-electron chi connectivity index (χ1n) is 9.65. The van der Waals surface area contributed by atoms with Crippen molar-refractivity contribution in [1.82, 2.24) is 14.6 Å². The molecule has 1 aliphatic rings. The molecule has 144 valence electrons. The molecule has 1 aromatic heterocycles. The minimum atomic E-state index is -1.21. The summed E-state index contributed by atoms with van der Waals surface area (Å²) in [4.78, 5) is 7.38. The van der Waals surface area contributed by atoms with Gasteiger partial charge in [0, 0.05) is 25.3 Å². The predicted octanol–water partition coefficient (Wildman–Crippen LogP) is 3.94. The lowest BCUT2D eigenvalue weighted by molar-refractivity contribution is 0.324. The molecule has 2 heterocycles. The van der Waals surface area contributed by atoms with Crippen LogP contribution in [0.15, 0.2) is 77.8 Å². The van der Waals surface area contributed by atoms with Gasteiger partial charge < -0.3 is 4.55 Å². The highest BCUT2D eigenvalue weighted by Gasteiger charge is 2.27. The topological polar surface area (TPSA) is 51.2 Å². The average Bonchev–Trinajstić information content (AvgIpc) is 3.16. The first-order chi connectivity index (χ1) is 13.7. The molecular formula is C23H25N3OS. The van der Waals surface area contributed by atoms with Gasteiger partial charge in [-0.3, -0.25) is 9.88 Å². The molecule has 1 fully saturated rings. The number of aromatic nitrogens is 1. The number of hydrogen-bond donors (Lipinski definition) is 1. The maximum absolute atomic E-state index is 12.5. The SMILES string of the molecule is Cc1ccc([S+]([O-])N[C@@H]2CCN(Cc3ccc(-c4ccccc4)cc3)C2)cn1. The van der Waals surface area contributed by atoms with Crippen molar-refractivity contribution in [2.24, 2.45) is 0 Å². The smallest absolute Gasteiger partial charge is 0.192 e. The summed E-state index contributed by atoms with van der Waals surface area (Å²) in [5, 5.41) is 0. The second-order valence-electron chi connectivity index (χ2n) is 7.31. The number of nitrogens with one attached hydrogen (secondary N) is 1. The van der Waals surface area contributed by atoms with Crippen LogP contribution < -0.4 is 4.72 Å². The number of likely N-dealkylation sites (tertiary alicyclic amines) is 1. The van der Waals surface area contributed by atoms with E-state index in [0.717, 1.165) is 36.6 Å². The molecule has 0 amide bonds. The summed E-state index contributed by atoms with van der Waals surface area (Å²) in [6, 6.07) is 23.3. The van der Waals surface area contributed by atoms with Crippen LogP contribution in [0.1, 0.15) is 17.7 Å². The van der Waals surface area contributed by atoms with Crippen molar-refractivity contribution in [3.05, 3.63) is 84.2 Å². The Morgan fingerprint density at radius 1 is 1.04 bits per heavy atom. The third kappa shape index (κ3) is 4.80.